The van der Waals surface area contributed by atoms with Gasteiger partial charge in [0, 0.05) is 4.75 Å². The van der Waals surface area contributed by atoms with E-state index in [9.17, 15) is 4.79 Å². The molecule has 0 N–H and O–H groups in total. The zero-order chi connectivity index (χ0) is 8.91. The van der Waals surface area contributed by atoms with Gasteiger partial charge < -0.3 is 4.84 Å². The highest BCUT2D eigenvalue weighted by molar-refractivity contribution is 8.16. The highest BCUT2D eigenvalue weighted by Crippen LogP contribution is 2.22. The van der Waals surface area contributed by atoms with Crippen molar-refractivity contribution in [3.8, 4) is 0 Å². The lowest BCUT2D eigenvalue weighted by atomic mass is 10.3. The minimum absolute atomic E-state index is 0.0587. The number of hydrogen-bond acceptors (Lipinski definition) is 4. The molecule has 0 saturated heterocycles. The maximum absolute atomic E-state index is 11.0. The molecule has 0 spiro atoms. The molecule has 0 aromatic carbocycles. The molecular weight excluding hydrogens is 162 g/mol. The molecule has 0 aliphatic heterocycles. The Hall–Kier alpha value is -0.510. The molecule has 11 heavy (non-hydrogen) atoms. The smallest absolute Gasteiger partial charge is 0.234 e. The summed E-state index contributed by atoms with van der Waals surface area (Å²) in [7, 11) is 1.41. The number of thioether (sulfide) groups is 1. The van der Waals surface area contributed by atoms with Crippen LogP contribution in [0.1, 0.15) is 20.8 Å². The Kier molecular flexibility index (Phi) is 4.18. The second-order valence-corrected chi connectivity index (χ2v) is 4.78. The van der Waals surface area contributed by atoms with Gasteiger partial charge in [0.25, 0.3) is 0 Å². The second-order valence-electron chi connectivity index (χ2n) is 2.95. The molecule has 0 aliphatic carbocycles. The Morgan fingerprint density at radius 1 is 1.55 bits per heavy atom. The van der Waals surface area contributed by atoms with Gasteiger partial charge in [-0.1, -0.05) is 37.7 Å². The van der Waals surface area contributed by atoms with Gasteiger partial charge in [0.15, 0.2) is 0 Å². The number of hydrogen-bond donors (Lipinski definition) is 0. The summed E-state index contributed by atoms with van der Waals surface area (Å²) in [4.78, 5) is 15.3. The summed E-state index contributed by atoms with van der Waals surface area (Å²) in [5, 5.41) is 3.28. The average molecular weight is 175 g/mol. The third-order valence-electron chi connectivity index (χ3n) is 0.670. The molecule has 0 rings (SSSR count). The lowest BCUT2D eigenvalue weighted by Crippen LogP contribution is -2.12. The molecule has 0 heterocycles. The Balaban J connectivity index is 3.80. The quantitative estimate of drug-likeness (QED) is 0.473. The van der Waals surface area contributed by atoms with Crippen LogP contribution in [0.2, 0.25) is 0 Å². The van der Waals surface area contributed by atoms with Crippen molar-refractivity contribution in [2.24, 2.45) is 5.16 Å². The largest absolute Gasteiger partial charge is 0.399 e. The average Bonchev–Trinajstić information content (AvgIpc) is 1.79. The highest BCUT2D eigenvalue weighted by Gasteiger charge is 2.14. The van der Waals surface area contributed by atoms with Crippen LogP contribution in [0.25, 0.3) is 0 Å². The Morgan fingerprint density at radius 2 is 2.09 bits per heavy atom. The van der Waals surface area contributed by atoms with Crippen LogP contribution in [0.5, 0.6) is 0 Å². The van der Waals surface area contributed by atoms with Gasteiger partial charge in [-0.25, -0.2) is 0 Å². The van der Waals surface area contributed by atoms with Gasteiger partial charge in [-0.15, -0.1) is 0 Å². The van der Waals surface area contributed by atoms with Gasteiger partial charge in [-0.3, -0.25) is 4.79 Å². The summed E-state index contributed by atoms with van der Waals surface area (Å²) in [6.07, 6.45) is 1.18. The van der Waals surface area contributed by atoms with Crippen molar-refractivity contribution in [1.29, 1.82) is 0 Å². The fourth-order valence-electron chi connectivity index (χ4n) is 0.424. The maximum Gasteiger partial charge on any atom is 0.234 e. The molecule has 0 aromatic rings. The van der Waals surface area contributed by atoms with E-state index in [-0.39, 0.29) is 9.86 Å². The second kappa shape index (κ2) is 4.38. The van der Waals surface area contributed by atoms with E-state index in [4.69, 9.17) is 0 Å². The third kappa shape index (κ3) is 7.39. The molecule has 0 radical (unpaired) electrons. The minimum atomic E-state index is -0.0839. The fourth-order valence-corrected chi connectivity index (χ4v) is 1.12. The number of rotatable bonds is 2. The van der Waals surface area contributed by atoms with Gasteiger partial charge in [-0.2, -0.15) is 0 Å². The molecule has 0 amide bonds. The predicted molar refractivity (Wildman–Crippen MR) is 47.9 cm³/mol. The fraction of sp³-hybridized carbons (Fsp3) is 0.714. The summed E-state index contributed by atoms with van der Waals surface area (Å²) in [5.41, 5.74) is 0. The van der Waals surface area contributed by atoms with E-state index in [1.54, 1.807) is 0 Å². The van der Waals surface area contributed by atoms with Crippen LogP contribution in [-0.2, 0) is 9.63 Å². The first-order chi connectivity index (χ1) is 4.95. The van der Waals surface area contributed by atoms with Crippen LogP contribution in [0, 0.1) is 0 Å². The van der Waals surface area contributed by atoms with Crippen molar-refractivity contribution in [3.63, 3.8) is 0 Å². The molecule has 0 bridgehead atoms. The van der Waals surface area contributed by atoms with E-state index in [0.717, 1.165) is 0 Å². The molecule has 64 valence electrons. The Labute approximate surface area is 71.2 Å². The van der Waals surface area contributed by atoms with Crippen LogP contribution in [0.3, 0.4) is 0 Å². The van der Waals surface area contributed by atoms with Crippen LogP contribution in [0.15, 0.2) is 5.16 Å². The molecule has 0 fully saturated rings. The number of carbonyl (C=O) groups excluding carboxylic acids is 1. The Bertz CT molecular complexity index is 160. The molecule has 4 heteroatoms. The van der Waals surface area contributed by atoms with Crippen LogP contribution in [-0.4, -0.2) is 23.2 Å². The molecule has 0 aromatic heterocycles. The van der Waals surface area contributed by atoms with Crippen molar-refractivity contribution >= 4 is 23.1 Å². The van der Waals surface area contributed by atoms with Crippen molar-refractivity contribution in [1.82, 2.24) is 0 Å². The number of carbonyl (C=O) groups is 1. The zero-order valence-electron chi connectivity index (χ0n) is 7.25. The van der Waals surface area contributed by atoms with Crippen LogP contribution in [0.4, 0.5) is 0 Å². The molecule has 0 atom stereocenters. The maximum atomic E-state index is 11.0. The molecule has 0 unspecified atom stereocenters. The van der Waals surface area contributed by atoms with E-state index in [0.29, 0.717) is 0 Å². The lowest BCUT2D eigenvalue weighted by Gasteiger charge is -2.13. The van der Waals surface area contributed by atoms with Gasteiger partial charge in [-0.05, 0) is 0 Å². The van der Waals surface area contributed by atoms with Crippen LogP contribution < -0.4 is 0 Å². The minimum Gasteiger partial charge on any atom is -0.399 e. The summed E-state index contributed by atoms with van der Waals surface area (Å²) in [6, 6.07) is 0. The van der Waals surface area contributed by atoms with Crippen molar-refractivity contribution < 1.29 is 9.63 Å². The normalized spacial score (nSPS) is 12.0. The number of oxime groups is 1. The summed E-state index contributed by atoms with van der Waals surface area (Å²) in [6.45, 7) is 5.91. The Morgan fingerprint density at radius 3 is 2.45 bits per heavy atom. The summed E-state index contributed by atoms with van der Waals surface area (Å²) >= 11 is 1.23. The monoisotopic (exact) mass is 175 g/mol. The van der Waals surface area contributed by atoms with Crippen molar-refractivity contribution in [3.05, 3.63) is 0 Å². The van der Waals surface area contributed by atoms with Crippen LogP contribution >= 0.6 is 11.8 Å². The summed E-state index contributed by atoms with van der Waals surface area (Å²) < 4.78 is -0.0587. The zero-order valence-corrected chi connectivity index (χ0v) is 8.07. The first-order valence-corrected chi connectivity index (χ1v) is 4.07. The molecule has 3 nitrogen and oxygen atoms in total. The molecular formula is C7H13NO2S. The predicted octanol–water partition coefficient (Wildman–Crippen LogP) is 1.68. The van der Waals surface area contributed by atoms with E-state index < -0.39 is 0 Å². The lowest BCUT2D eigenvalue weighted by molar-refractivity contribution is -0.105. The SMILES string of the molecule is CON=CC(=O)SC(C)(C)C. The van der Waals surface area contributed by atoms with E-state index in [1.165, 1.54) is 25.1 Å². The standard InChI is InChI=1S/C7H13NO2S/c1-7(2,3)11-6(9)5-8-10-4/h5H,1-4H3. The third-order valence-corrected chi connectivity index (χ3v) is 1.59. The van der Waals surface area contributed by atoms with E-state index in [1.807, 2.05) is 20.8 Å². The molecule has 0 aliphatic rings. The van der Waals surface area contributed by atoms with E-state index >= 15 is 0 Å². The first kappa shape index (κ1) is 10.5. The van der Waals surface area contributed by atoms with Gasteiger partial charge in [0.2, 0.25) is 5.12 Å². The van der Waals surface area contributed by atoms with E-state index in [2.05, 4.69) is 9.99 Å². The number of nitrogens with zero attached hydrogens (tertiary/aromatic N) is 1. The van der Waals surface area contributed by atoms with Gasteiger partial charge >= 0.3 is 0 Å². The first-order valence-electron chi connectivity index (χ1n) is 3.25. The van der Waals surface area contributed by atoms with Crippen molar-refractivity contribution in [2.45, 2.75) is 25.5 Å². The van der Waals surface area contributed by atoms with Gasteiger partial charge in [0.05, 0.1) is 0 Å². The topological polar surface area (TPSA) is 38.7 Å². The molecule has 0 saturated carbocycles. The van der Waals surface area contributed by atoms with Gasteiger partial charge in [0.1, 0.15) is 13.3 Å². The van der Waals surface area contributed by atoms with Crippen molar-refractivity contribution in [2.75, 3.05) is 7.11 Å². The summed E-state index contributed by atoms with van der Waals surface area (Å²) in [5.74, 6) is 0. The highest BCUT2D eigenvalue weighted by atomic mass is 32.2.